The molecule has 0 aromatic heterocycles. The lowest BCUT2D eigenvalue weighted by Gasteiger charge is -2.22. The summed E-state index contributed by atoms with van der Waals surface area (Å²) >= 11 is 0. The number of amides is 1. The molecule has 1 amide bonds. The van der Waals surface area contributed by atoms with Crippen LogP contribution in [0.3, 0.4) is 0 Å². The van der Waals surface area contributed by atoms with E-state index in [9.17, 15) is 4.79 Å². The summed E-state index contributed by atoms with van der Waals surface area (Å²) in [5, 5.41) is 6.33. The van der Waals surface area contributed by atoms with E-state index in [1.165, 1.54) is 0 Å². The van der Waals surface area contributed by atoms with Gasteiger partial charge in [0.1, 0.15) is 6.61 Å². The number of rotatable bonds is 2. The van der Waals surface area contributed by atoms with Crippen LogP contribution in [-0.4, -0.2) is 50.1 Å². The highest BCUT2D eigenvalue weighted by Crippen LogP contribution is 2.31. The van der Waals surface area contributed by atoms with Gasteiger partial charge in [-0.2, -0.15) is 0 Å². The van der Waals surface area contributed by atoms with E-state index in [1.807, 2.05) is 18.2 Å². The average Bonchev–Trinajstić information content (AvgIpc) is 2.83. The Morgan fingerprint density at radius 3 is 3.21 bits per heavy atom. The van der Waals surface area contributed by atoms with Crippen LogP contribution in [0.2, 0.25) is 0 Å². The van der Waals surface area contributed by atoms with E-state index in [0.717, 1.165) is 31.7 Å². The van der Waals surface area contributed by atoms with Gasteiger partial charge in [0.2, 0.25) is 0 Å². The highest BCUT2D eigenvalue weighted by molar-refractivity contribution is 5.99. The molecule has 0 radical (unpaired) electrons. The normalized spacial score (nSPS) is 22.3. The zero-order valence-corrected chi connectivity index (χ0v) is 11.1. The van der Waals surface area contributed by atoms with E-state index >= 15 is 0 Å². The van der Waals surface area contributed by atoms with E-state index in [1.54, 1.807) is 0 Å². The zero-order chi connectivity index (χ0) is 13.2. The van der Waals surface area contributed by atoms with E-state index in [0.29, 0.717) is 17.9 Å². The number of carbonyl (C=O) groups is 1. The fourth-order valence-corrected chi connectivity index (χ4v) is 2.67. The van der Waals surface area contributed by atoms with Crippen LogP contribution in [0.1, 0.15) is 16.8 Å². The Morgan fingerprint density at radius 2 is 2.42 bits per heavy atom. The second kappa shape index (κ2) is 5.09. The van der Waals surface area contributed by atoms with E-state index in [-0.39, 0.29) is 11.9 Å². The molecule has 1 atom stereocenters. The minimum atomic E-state index is -0.0409. The molecule has 0 saturated carbocycles. The molecule has 102 valence electrons. The molecule has 19 heavy (non-hydrogen) atoms. The number of carbonyl (C=O) groups excluding carboxylic acids is 1. The third kappa shape index (κ3) is 2.51. The first-order valence-electron chi connectivity index (χ1n) is 6.73. The molecule has 1 aromatic carbocycles. The molecule has 1 saturated heterocycles. The molecule has 2 aliphatic heterocycles. The molecule has 1 aromatic rings. The van der Waals surface area contributed by atoms with E-state index in [4.69, 9.17) is 4.74 Å². The SMILES string of the molecule is CN1CCC(NC(=O)c2cccc3c2OCCN3)C1. The Labute approximate surface area is 112 Å². The monoisotopic (exact) mass is 261 g/mol. The van der Waals surface area contributed by atoms with Crippen LogP contribution in [-0.2, 0) is 0 Å². The second-order valence-electron chi connectivity index (χ2n) is 5.18. The van der Waals surface area contributed by atoms with Crippen molar-refractivity contribution in [1.82, 2.24) is 10.2 Å². The number of likely N-dealkylation sites (N-methyl/N-ethyl adjacent to an activating group) is 1. The van der Waals surface area contributed by atoms with Crippen molar-refractivity contribution in [3.63, 3.8) is 0 Å². The molecule has 0 spiro atoms. The molecule has 3 rings (SSSR count). The van der Waals surface area contributed by atoms with E-state index < -0.39 is 0 Å². The summed E-state index contributed by atoms with van der Waals surface area (Å²) in [4.78, 5) is 14.6. The Hall–Kier alpha value is -1.75. The molecule has 2 N–H and O–H groups in total. The third-order valence-electron chi connectivity index (χ3n) is 3.65. The molecule has 2 heterocycles. The number of hydrogen-bond acceptors (Lipinski definition) is 4. The second-order valence-corrected chi connectivity index (χ2v) is 5.18. The van der Waals surface area contributed by atoms with Crippen molar-refractivity contribution < 1.29 is 9.53 Å². The van der Waals surface area contributed by atoms with Crippen molar-refractivity contribution in [3.8, 4) is 5.75 Å². The van der Waals surface area contributed by atoms with Crippen molar-refractivity contribution in [1.29, 1.82) is 0 Å². The molecular formula is C14H19N3O2. The van der Waals surface area contributed by atoms with Crippen LogP contribution in [0.5, 0.6) is 5.75 Å². The van der Waals surface area contributed by atoms with Gasteiger partial charge in [0.05, 0.1) is 11.3 Å². The molecule has 0 aliphatic carbocycles. The van der Waals surface area contributed by atoms with Gasteiger partial charge in [-0.1, -0.05) is 6.07 Å². The lowest BCUT2D eigenvalue weighted by atomic mass is 10.1. The summed E-state index contributed by atoms with van der Waals surface area (Å²) in [6.07, 6.45) is 1.01. The number of fused-ring (bicyclic) bond motifs is 1. The summed E-state index contributed by atoms with van der Waals surface area (Å²) < 4.78 is 5.63. The summed E-state index contributed by atoms with van der Waals surface area (Å²) in [5.74, 6) is 0.637. The van der Waals surface area contributed by atoms with Crippen molar-refractivity contribution in [2.45, 2.75) is 12.5 Å². The first kappa shape index (κ1) is 12.3. The first-order valence-corrected chi connectivity index (χ1v) is 6.73. The van der Waals surface area contributed by atoms with Gasteiger partial charge >= 0.3 is 0 Å². The molecule has 1 unspecified atom stereocenters. The molecule has 2 aliphatic rings. The molecule has 0 bridgehead atoms. The van der Waals surface area contributed by atoms with Gasteiger partial charge in [0.25, 0.3) is 5.91 Å². The minimum absolute atomic E-state index is 0.0409. The Bertz CT molecular complexity index is 490. The standard InChI is InChI=1S/C14H19N3O2/c1-17-7-5-10(9-17)16-14(18)11-3-2-4-12-13(11)19-8-6-15-12/h2-4,10,15H,5-9H2,1H3,(H,16,18). The van der Waals surface area contributed by atoms with Gasteiger partial charge < -0.3 is 20.3 Å². The highest BCUT2D eigenvalue weighted by Gasteiger charge is 2.24. The van der Waals surface area contributed by atoms with Gasteiger partial charge in [-0.3, -0.25) is 4.79 Å². The Balaban J connectivity index is 1.76. The summed E-state index contributed by atoms with van der Waals surface area (Å²) in [7, 11) is 2.07. The fourth-order valence-electron chi connectivity index (χ4n) is 2.67. The van der Waals surface area contributed by atoms with Gasteiger partial charge in [-0.25, -0.2) is 0 Å². The molecule has 5 heteroatoms. The molecule has 5 nitrogen and oxygen atoms in total. The number of ether oxygens (including phenoxy) is 1. The lowest BCUT2D eigenvalue weighted by molar-refractivity contribution is 0.0934. The Kier molecular flexibility index (Phi) is 3.29. The number of hydrogen-bond donors (Lipinski definition) is 2. The first-order chi connectivity index (χ1) is 9.24. The van der Waals surface area contributed by atoms with E-state index in [2.05, 4.69) is 22.6 Å². The van der Waals surface area contributed by atoms with Crippen LogP contribution >= 0.6 is 0 Å². The number of nitrogens with one attached hydrogen (secondary N) is 2. The predicted octanol–water partition coefficient (Wildman–Crippen LogP) is 0.925. The fraction of sp³-hybridized carbons (Fsp3) is 0.500. The number of benzene rings is 1. The average molecular weight is 261 g/mol. The van der Waals surface area contributed by atoms with Gasteiger partial charge in [-0.15, -0.1) is 0 Å². The molecule has 1 fully saturated rings. The zero-order valence-electron chi connectivity index (χ0n) is 11.1. The van der Waals surface area contributed by atoms with Crippen molar-refractivity contribution >= 4 is 11.6 Å². The van der Waals surface area contributed by atoms with Gasteiger partial charge in [0, 0.05) is 19.1 Å². The smallest absolute Gasteiger partial charge is 0.255 e. The quantitative estimate of drug-likeness (QED) is 0.831. The van der Waals surface area contributed by atoms with Crippen LogP contribution in [0.25, 0.3) is 0 Å². The Morgan fingerprint density at radius 1 is 1.53 bits per heavy atom. The number of nitrogens with zero attached hydrogens (tertiary/aromatic N) is 1. The maximum absolute atomic E-state index is 12.3. The van der Waals surface area contributed by atoms with Gasteiger partial charge in [-0.05, 0) is 32.1 Å². The van der Waals surface area contributed by atoms with Crippen LogP contribution in [0.4, 0.5) is 5.69 Å². The topological polar surface area (TPSA) is 53.6 Å². The largest absolute Gasteiger partial charge is 0.489 e. The van der Waals surface area contributed by atoms with Crippen LogP contribution < -0.4 is 15.4 Å². The van der Waals surface area contributed by atoms with Crippen molar-refractivity contribution in [2.75, 3.05) is 38.6 Å². The maximum atomic E-state index is 12.3. The highest BCUT2D eigenvalue weighted by atomic mass is 16.5. The number of para-hydroxylation sites is 1. The summed E-state index contributed by atoms with van der Waals surface area (Å²) in [6, 6.07) is 5.88. The van der Waals surface area contributed by atoms with Gasteiger partial charge in [0.15, 0.2) is 5.75 Å². The van der Waals surface area contributed by atoms with Crippen molar-refractivity contribution in [3.05, 3.63) is 23.8 Å². The van der Waals surface area contributed by atoms with Crippen LogP contribution in [0, 0.1) is 0 Å². The summed E-state index contributed by atoms with van der Waals surface area (Å²) in [6.45, 7) is 3.34. The van der Waals surface area contributed by atoms with Crippen molar-refractivity contribution in [2.24, 2.45) is 0 Å². The number of anilines is 1. The third-order valence-corrected chi connectivity index (χ3v) is 3.65. The predicted molar refractivity (Wildman–Crippen MR) is 73.8 cm³/mol. The minimum Gasteiger partial charge on any atom is -0.489 e. The number of likely N-dealkylation sites (tertiary alicyclic amines) is 1. The maximum Gasteiger partial charge on any atom is 0.255 e. The molecular weight excluding hydrogens is 242 g/mol. The summed E-state index contributed by atoms with van der Waals surface area (Å²) in [5.41, 5.74) is 1.53. The lowest BCUT2D eigenvalue weighted by Crippen LogP contribution is -2.37. The van der Waals surface area contributed by atoms with Crippen LogP contribution in [0.15, 0.2) is 18.2 Å².